The van der Waals surface area contributed by atoms with Gasteiger partial charge in [-0.15, -0.1) is 0 Å². The molecule has 4 N–H and O–H groups in total. The number of aryl methyl sites for hydroxylation is 1. The van der Waals surface area contributed by atoms with Gasteiger partial charge in [0.1, 0.15) is 5.84 Å². The van der Waals surface area contributed by atoms with Crippen LogP contribution in [-0.2, 0) is 0 Å². The molecule has 0 fully saturated rings. The molecule has 104 valence electrons. The number of nitrogens with two attached hydrogens (primary N) is 1. The molecule has 5 nitrogen and oxygen atoms in total. The predicted molar refractivity (Wildman–Crippen MR) is 78.5 cm³/mol. The molecule has 0 unspecified atom stereocenters. The summed E-state index contributed by atoms with van der Waals surface area (Å²) in [7, 11) is 0. The second kappa shape index (κ2) is 7.78. The van der Waals surface area contributed by atoms with Crippen molar-refractivity contribution in [2.75, 3.05) is 6.54 Å². The maximum Gasteiger partial charge on any atom is 0.252 e. The number of oxime groups is 1. The molecule has 0 atom stereocenters. The van der Waals surface area contributed by atoms with Gasteiger partial charge in [-0.3, -0.25) is 4.79 Å². The van der Waals surface area contributed by atoms with Gasteiger partial charge < -0.3 is 16.3 Å². The molecule has 0 radical (unpaired) electrons. The van der Waals surface area contributed by atoms with Crippen LogP contribution in [-0.4, -0.2) is 23.5 Å². The van der Waals surface area contributed by atoms with Crippen molar-refractivity contribution in [1.82, 2.24) is 5.32 Å². The first-order chi connectivity index (χ1) is 9.06. The van der Waals surface area contributed by atoms with E-state index >= 15 is 0 Å². The molecule has 1 aromatic carbocycles. The molecule has 0 saturated carbocycles. The van der Waals surface area contributed by atoms with E-state index in [2.05, 4.69) is 26.4 Å². The number of rotatable bonds is 6. The average Bonchev–Trinajstić information content (AvgIpc) is 2.40. The molecule has 0 bridgehead atoms. The molecular formula is C13H18BrN3O2. The van der Waals surface area contributed by atoms with Gasteiger partial charge >= 0.3 is 0 Å². The number of nitrogens with one attached hydrogen (secondary N) is 1. The van der Waals surface area contributed by atoms with Gasteiger partial charge in [0.15, 0.2) is 0 Å². The molecule has 1 rings (SSSR count). The van der Waals surface area contributed by atoms with Crippen LogP contribution in [0.25, 0.3) is 0 Å². The smallest absolute Gasteiger partial charge is 0.252 e. The molecule has 6 heteroatoms. The van der Waals surface area contributed by atoms with E-state index in [1.807, 2.05) is 19.1 Å². The third kappa shape index (κ3) is 4.90. The lowest BCUT2D eigenvalue weighted by atomic mass is 10.1. The molecular weight excluding hydrogens is 310 g/mol. The third-order valence-electron chi connectivity index (χ3n) is 2.71. The SMILES string of the molecule is Cc1cccc(C(=O)NCCCC/C(N)=N/O)c1Br. The Morgan fingerprint density at radius 1 is 1.47 bits per heavy atom. The van der Waals surface area contributed by atoms with Crippen molar-refractivity contribution < 1.29 is 10.0 Å². The second-order valence-electron chi connectivity index (χ2n) is 4.24. The molecule has 1 aromatic rings. The van der Waals surface area contributed by atoms with E-state index in [1.165, 1.54) is 0 Å². The Balaban J connectivity index is 2.38. The van der Waals surface area contributed by atoms with Crippen molar-refractivity contribution in [2.24, 2.45) is 10.9 Å². The summed E-state index contributed by atoms with van der Waals surface area (Å²) in [5, 5.41) is 14.1. The van der Waals surface area contributed by atoms with Crippen LogP contribution in [0.1, 0.15) is 35.2 Å². The van der Waals surface area contributed by atoms with Crippen LogP contribution in [0.2, 0.25) is 0 Å². The number of unbranched alkanes of at least 4 members (excludes halogenated alkanes) is 1. The van der Waals surface area contributed by atoms with E-state index in [-0.39, 0.29) is 11.7 Å². The number of halogens is 1. The minimum Gasteiger partial charge on any atom is -0.409 e. The van der Waals surface area contributed by atoms with Crippen molar-refractivity contribution in [3.8, 4) is 0 Å². The number of hydrogen-bond acceptors (Lipinski definition) is 3. The lowest BCUT2D eigenvalue weighted by Gasteiger charge is -2.08. The topological polar surface area (TPSA) is 87.7 Å². The molecule has 0 heterocycles. The zero-order valence-corrected chi connectivity index (χ0v) is 12.4. The number of carbonyl (C=O) groups excluding carboxylic acids is 1. The maximum atomic E-state index is 11.9. The minimum atomic E-state index is -0.0978. The molecule has 0 aromatic heterocycles. The Morgan fingerprint density at radius 3 is 2.89 bits per heavy atom. The number of amides is 1. The average molecular weight is 328 g/mol. The fourth-order valence-electron chi connectivity index (χ4n) is 1.60. The van der Waals surface area contributed by atoms with E-state index in [9.17, 15) is 4.79 Å². The Labute approximate surface area is 121 Å². The number of carbonyl (C=O) groups is 1. The lowest BCUT2D eigenvalue weighted by Crippen LogP contribution is -2.25. The van der Waals surface area contributed by atoms with Gasteiger partial charge in [-0.1, -0.05) is 17.3 Å². The van der Waals surface area contributed by atoms with Gasteiger partial charge in [-0.25, -0.2) is 0 Å². The highest BCUT2D eigenvalue weighted by atomic mass is 79.9. The van der Waals surface area contributed by atoms with Crippen molar-refractivity contribution in [2.45, 2.75) is 26.2 Å². The van der Waals surface area contributed by atoms with Crippen molar-refractivity contribution in [1.29, 1.82) is 0 Å². The number of benzene rings is 1. The van der Waals surface area contributed by atoms with Crippen LogP contribution >= 0.6 is 15.9 Å². The summed E-state index contributed by atoms with van der Waals surface area (Å²) < 4.78 is 0.823. The van der Waals surface area contributed by atoms with Crippen LogP contribution < -0.4 is 11.1 Å². The molecule has 0 aliphatic heterocycles. The van der Waals surface area contributed by atoms with E-state index in [4.69, 9.17) is 10.9 Å². The highest BCUT2D eigenvalue weighted by Gasteiger charge is 2.10. The molecule has 1 amide bonds. The van der Waals surface area contributed by atoms with Gasteiger partial charge in [0, 0.05) is 17.4 Å². The van der Waals surface area contributed by atoms with Crippen molar-refractivity contribution in [3.63, 3.8) is 0 Å². The molecule has 0 aliphatic rings. The summed E-state index contributed by atoms with van der Waals surface area (Å²) in [6.45, 7) is 2.51. The van der Waals surface area contributed by atoms with Crippen LogP contribution in [0, 0.1) is 6.92 Å². The van der Waals surface area contributed by atoms with Crippen LogP contribution in [0.5, 0.6) is 0 Å². The van der Waals surface area contributed by atoms with E-state index in [0.717, 1.165) is 22.9 Å². The van der Waals surface area contributed by atoms with E-state index < -0.39 is 0 Å². The van der Waals surface area contributed by atoms with Crippen molar-refractivity contribution in [3.05, 3.63) is 33.8 Å². The summed E-state index contributed by atoms with van der Waals surface area (Å²) >= 11 is 3.41. The lowest BCUT2D eigenvalue weighted by molar-refractivity contribution is 0.0952. The summed E-state index contributed by atoms with van der Waals surface area (Å²) in [5.41, 5.74) is 7.01. The van der Waals surface area contributed by atoms with E-state index in [0.29, 0.717) is 18.5 Å². The first kappa shape index (κ1) is 15.5. The first-order valence-corrected chi connectivity index (χ1v) is 6.85. The largest absolute Gasteiger partial charge is 0.409 e. The second-order valence-corrected chi connectivity index (χ2v) is 5.03. The summed E-state index contributed by atoms with van der Waals surface area (Å²) in [5.74, 6) is 0.118. The number of amidine groups is 1. The summed E-state index contributed by atoms with van der Waals surface area (Å²) in [6.07, 6.45) is 2.08. The normalized spacial score (nSPS) is 11.4. The zero-order valence-electron chi connectivity index (χ0n) is 10.8. The van der Waals surface area contributed by atoms with Gasteiger partial charge in [-0.2, -0.15) is 0 Å². The number of hydrogen-bond donors (Lipinski definition) is 3. The molecule has 0 saturated heterocycles. The zero-order chi connectivity index (χ0) is 14.3. The van der Waals surface area contributed by atoms with Crippen molar-refractivity contribution >= 4 is 27.7 Å². The minimum absolute atomic E-state index is 0.0978. The predicted octanol–water partition coefficient (Wildman–Crippen LogP) is 2.40. The van der Waals surface area contributed by atoms with Gasteiger partial charge in [0.2, 0.25) is 0 Å². The summed E-state index contributed by atoms with van der Waals surface area (Å²) in [6, 6.07) is 5.58. The highest BCUT2D eigenvalue weighted by molar-refractivity contribution is 9.10. The quantitative estimate of drug-likeness (QED) is 0.246. The van der Waals surface area contributed by atoms with Gasteiger partial charge in [-0.05, 0) is 47.3 Å². The standard InChI is InChI=1S/C13H18BrN3O2/c1-9-5-4-6-10(12(9)14)13(18)16-8-3-2-7-11(15)17-19/h4-6,19H,2-3,7-8H2,1H3,(H2,15,17)(H,16,18). The fraction of sp³-hybridized carbons (Fsp3) is 0.385. The fourth-order valence-corrected chi connectivity index (χ4v) is 2.05. The maximum absolute atomic E-state index is 11.9. The van der Waals surface area contributed by atoms with Crippen LogP contribution in [0.3, 0.4) is 0 Å². The highest BCUT2D eigenvalue weighted by Crippen LogP contribution is 2.20. The third-order valence-corrected chi connectivity index (χ3v) is 3.76. The molecule has 19 heavy (non-hydrogen) atoms. The Kier molecular flexibility index (Phi) is 6.35. The Bertz CT molecular complexity index is 475. The van der Waals surface area contributed by atoms with E-state index in [1.54, 1.807) is 6.07 Å². The first-order valence-electron chi connectivity index (χ1n) is 6.06. The van der Waals surface area contributed by atoms with Crippen LogP contribution in [0.4, 0.5) is 0 Å². The summed E-state index contributed by atoms with van der Waals surface area (Å²) in [4.78, 5) is 11.9. The number of nitrogens with zero attached hydrogens (tertiary/aromatic N) is 1. The Morgan fingerprint density at radius 2 is 2.21 bits per heavy atom. The monoisotopic (exact) mass is 327 g/mol. The van der Waals surface area contributed by atoms with Gasteiger partial charge in [0.05, 0.1) is 5.56 Å². The molecule has 0 spiro atoms. The molecule has 0 aliphatic carbocycles. The van der Waals surface area contributed by atoms with Gasteiger partial charge in [0.25, 0.3) is 5.91 Å². The Hall–Kier alpha value is -1.56. The van der Waals surface area contributed by atoms with Crippen LogP contribution in [0.15, 0.2) is 27.8 Å².